The van der Waals surface area contributed by atoms with Gasteiger partial charge in [0.1, 0.15) is 11.6 Å². The van der Waals surface area contributed by atoms with Crippen LogP contribution >= 0.6 is 0 Å². The van der Waals surface area contributed by atoms with Crippen LogP contribution in [0.5, 0.6) is 0 Å². The van der Waals surface area contributed by atoms with Gasteiger partial charge in [0.25, 0.3) is 0 Å². The Morgan fingerprint density at radius 1 is 1.17 bits per heavy atom. The number of rotatable bonds is 6. The lowest BCUT2D eigenvalue weighted by Gasteiger charge is -2.01. The Morgan fingerprint density at radius 2 is 1.67 bits per heavy atom. The van der Waals surface area contributed by atoms with Gasteiger partial charge in [0.2, 0.25) is 0 Å². The minimum atomic E-state index is -0.0285. The highest BCUT2D eigenvalue weighted by atomic mass is 16.1. The number of carbonyl (C=O) groups is 2. The summed E-state index contributed by atoms with van der Waals surface area (Å²) in [7, 11) is 0. The Labute approximate surface area is 105 Å². The molecule has 0 saturated carbocycles. The number of ketones is 2. The third kappa shape index (κ3) is 4.04. The summed E-state index contributed by atoms with van der Waals surface area (Å²) in [5.74, 6) is 0.831. The van der Waals surface area contributed by atoms with Gasteiger partial charge in [0, 0.05) is 6.21 Å². The van der Waals surface area contributed by atoms with Crippen molar-refractivity contribution in [2.75, 3.05) is 0 Å². The molecule has 1 heterocycles. The molecule has 1 rings (SSSR count). The van der Waals surface area contributed by atoms with Crippen LogP contribution < -0.4 is 0 Å². The molecule has 0 aromatic carbocycles. The second-order valence-electron chi connectivity index (χ2n) is 3.89. The highest BCUT2D eigenvalue weighted by Gasteiger charge is 2.14. The molecule has 0 fully saturated rings. The molecule has 18 heavy (non-hydrogen) atoms. The zero-order valence-corrected chi connectivity index (χ0v) is 10.8. The van der Waals surface area contributed by atoms with Crippen molar-refractivity contribution in [2.45, 2.75) is 33.6 Å². The van der Waals surface area contributed by atoms with Crippen molar-refractivity contribution in [3.8, 4) is 0 Å². The van der Waals surface area contributed by atoms with E-state index in [1.54, 1.807) is 12.3 Å². The first-order valence-electron chi connectivity index (χ1n) is 5.62. The third-order valence-corrected chi connectivity index (χ3v) is 2.04. The number of Topliss-reactive ketones (excluding diaryl/α,β-unsaturated/α-hetero) is 2. The molecule has 96 valence electrons. The van der Waals surface area contributed by atoms with Crippen LogP contribution in [-0.4, -0.2) is 32.7 Å². The zero-order chi connectivity index (χ0) is 13.5. The fourth-order valence-electron chi connectivity index (χ4n) is 1.34. The molecule has 0 aliphatic carbocycles. The monoisotopic (exact) mass is 248 g/mol. The summed E-state index contributed by atoms with van der Waals surface area (Å²) in [5, 5.41) is 11.9. The second kappa shape index (κ2) is 6.58. The maximum Gasteiger partial charge on any atom is 0.161 e. The van der Waals surface area contributed by atoms with Crippen molar-refractivity contribution in [2.24, 2.45) is 5.10 Å². The molecule has 0 amide bonds. The standard InChI is InChI=1S/C12H16N4O2/c1-4-5-6-13-16-11(7-9(2)17)14-15-12(16)8-10(3)18/h4-6H,7-8H2,1-3H3/b5-4+,13-6-. The highest BCUT2D eigenvalue weighted by molar-refractivity contribution is 5.78. The van der Waals surface area contributed by atoms with Gasteiger partial charge in [-0.3, -0.25) is 9.59 Å². The molecule has 0 bridgehead atoms. The molecule has 0 aliphatic rings. The largest absolute Gasteiger partial charge is 0.300 e. The molecule has 6 heteroatoms. The summed E-state index contributed by atoms with van der Waals surface area (Å²) in [5.41, 5.74) is 0. The second-order valence-corrected chi connectivity index (χ2v) is 3.89. The molecular formula is C12H16N4O2. The quantitative estimate of drug-likeness (QED) is 0.702. The summed E-state index contributed by atoms with van der Waals surface area (Å²) in [6.07, 6.45) is 5.44. The predicted molar refractivity (Wildman–Crippen MR) is 67.5 cm³/mol. The molecule has 0 spiro atoms. The van der Waals surface area contributed by atoms with Gasteiger partial charge in [-0.15, -0.1) is 10.2 Å². The smallest absolute Gasteiger partial charge is 0.161 e. The first-order chi connectivity index (χ1) is 8.54. The molecule has 1 aromatic heterocycles. The predicted octanol–water partition coefficient (Wildman–Crippen LogP) is 0.951. The van der Waals surface area contributed by atoms with Gasteiger partial charge in [-0.25, -0.2) is 4.68 Å². The topological polar surface area (TPSA) is 77.2 Å². The van der Waals surface area contributed by atoms with Crippen LogP contribution in [0.25, 0.3) is 0 Å². The molecular weight excluding hydrogens is 232 g/mol. The summed E-state index contributed by atoms with van der Waals surface area (Å²) in [4.78, 5) is 22.2. The molecule has 0 aliphatic heterocycles. The number of hydrogen-bond donors (Lipinski definition) is 0. The average molecular weight is 248 g/mol. The van der Waals surface area contributed by atoms with E-state index in [2.05, 4.69) is 15.3 Å². The van der Waals surface area contributed by atoms with Crippen molar-refractivity contribution < 1.29 is 9.59 Å². The van der Waals surface area contributed by atoms with Crippen molar-refractivity contribution in [1.82, 2.24) is 14.9 Å². The first kappa shape index (κ1) is 14.0. The van der Waals surface area contributed by atoms with Gasteiger partial charge < -0.3 is 0 Å². The number of hydrogen-bond acceptors (Lipinski definition) is 5. The van der Waals surface area contributed by atoms with E-state index in [1.165, 1.54) is 18.5 Å². The Bertz CT molecular complexity index is 467. The maximum absolute atomic E-state index is 11.1. The van der Waals surface area contributed by atoms with Gasteiger partial charge >= 0.3 is 0 Å². The van der Waals surface area contributed by atoms with E-state index < -0.39 is 0 Å². The van der Waals surface area contributed by atoms with Crippen LogP contribution in [0, 0.1) is 0 Å². The fraction of sp³-hybridized carbons (Fsp3) is 0.417. The molecule has 0 N–H and O–H groups in total. The number of carbonyl (C=O) groups excluding carboxylic acids is 2. The minimum absolute atomic E-state index is 0.0285. The van der Waals surface area contributed by atoms with E-state index in [9.17, 15) is 9.59 Å². The van der Waals surface area contributed by atoms with E-state index >= 15 is 0 Å². The van der Waals surface area contributed by atoms with Crippen LogP contribution in [0.2, 0.25) is 0 Å². The normalized spacial score (nSPS) is 11.5. The maximum atomic E-state index is 11.1. The van der Waals surface area contributed by atoms with Crippen LogP contribution in [-0.2, 0) is 22.4 Å². The Hall–Kier alpha value is -2.11. The number of aromatic nitrogens is 3. The number of allylic oxidation sites excluding steroid dienone is 2. The lowest BCUT2D eigenvalue weighted by atomic mass is 10.3. The zero-order valence-electron chi connectivity index (χ0n) is 10.8. The van der Waals surface area contributed by atoms with Gasteiger partial charge in [0.15, 0.2) is 11.6 Å². The molecule has 0 saturated heterocycles. The lowest BCUT2D eigenvalue weighted by molar-refractivity contribution is -0.117. The summed E-state index contributed by atoms with van der Waals surface area (Å²) >= 11 is 0. The van der Waals surface area contributed by atoms with E-state index in [0.717, 1.165) is 0 Å². The Morgan fingerprint density at radius 3 is 2.06 bits per heavy atom. The van der Waals surface area contributed by atoms with Crippen molar-refractivity contribution in [1.29, 1.82) is 0 Å². The van der Waals surface area contributed by atoms with E-state index in [1.807, 2.05) is 13.0 Å². The molecule has 1 aromatic rings. The van der Waals surface area contributed by atoms with Crippen LogP contribution in [0.4, 0.5) is 0 Å². The van der Waals surface area contributed by atoms with E-state index in [-0.39, 0.29) is 24.4 Å². The van der Waals surface area contributed by atoms with E-state index in [0.29, 0.717) is 11.6 Å². The molecule has 0 radical (unpaired) electrons. The molecule has 6 nitrogen and oxygen atoms in total. The van der Waals surface area contributed by atoms with Crippen LogP contribution in [0.15, 0.2) is 17.3 Å². The van der Waals surface area contributed by atoms with Crippen molar-refractivity contribution >= 4 is 17.8 Å². The Balaban J connectivity index is 3.07. The van der Waals surface area contributed by atoms with Crippen LogP contribution in [0.1, 0.15) is 32.4 Å². The van der Waals surface area contributed by atoms with Crippen LogP contribution in [0.3, 0.4) is 0 Å². The summed E-state index contributed by atoms with van der Waals surface area (Å²) in [6, 6.07) is 0. The van der Waals surface area contributed by atoms with Crippen molar-refractivity contribution in [3.05, 3.63) is 23.8 Å². The summed E-state index contributed by atoms with van der Waals surface area (Å²) < 4.78 is 1.45. The molecule has 0 unspecified atom stereocenters. The van der Waals surface area contributed by atoms with Crippen molar-refractivity contribution in [3.63, 3.8) is 0 Å². The van der Waals surface area contributed by atoms with Gasteiger partial charge in [-0.1, -0.05) is 6.08 Å². The highest BCUT2D eigenvalue weighted by Crippen LogP contribution is 2.05. The minimum Gasteiger partial charge on any atom is -0.300 e. The SMILES string of the molecule is C/C=C/C=N\n1c(CC(C)=O)nnc1CC(C)=O. The fourth-order valence-corrected chi connectivity index (χ4v) is 1.34. The van der Waals surface area contributed by atoms with Gasteiger partial charge in [-0.2, -0.15) is 5.10 Å². The van der Waals surface area contributed by atoms with Gasteiger partial charge in [-0.05, 0) is 26.8 Å². The molecule has 0 atom stereocenters. The average Bonchev–Trinajstić information content (AvgIpc) is 2.61. The van der Waals surface area contributed by atoms with Gasteiger partial charge in [0.05, 0.1) is 12.8 Å². The number of nitrogens with zero attached hydrogens (tertiary/aromatic N) is 4. The van der Waals surface area contributed by atoms with E-state index in [4.69, 9.17) is 0 Å². The lowest BCUT2D eigenvalue weighted by Crippen LogP contribution is -2.09. The Kier molecular flexibility index (Phi) is 5.10. The summed E-state index contributed by atoms with van der Waals surface area (Å²) in [6.45, 7) is 4.81. The third-order valence-electron chi connectivity index (χ3n) is 2.04. The first-order valence-corrected chi connectivity index (χ1v) is 5.62.